The Kier molecular flexibility index (Phi) is 5.09. The summed E-state index contributed by atoms with van der Waals surface area (Å²) < 4.78 is 28.7. The van der Waals surface area contributed by atoms with E-state index in [0.717, 1.165) is 31.4 Å². The van der Waals surface area contributed by atoms with Crippen LogP contribution in [-0.4, -0.2) is 49.1 Å². The number of nitrogens with one attached hydrogen (secondary N) is 1. The Labute approximate surface area is 149 Å². The summed E-state index contributed by atoms with van der Waals surface area (Å²) in [6.45, 7) is 2.73. The molecule has 1 aromatic rings. The van der Waals surface area contributed by atoms with Gasteiger partial charge in [-0.2, -0.15) is 0 Å². The first kappa shape index (κ1) is 18.2. The van der Waals surface area contributed by atoms with Gasteiger partial charge in [-0.1, -0.05) is 24.9 Å². The zero-order valence-corrected chi connectivity index (χ0v) is 15.8. The standard InChI is InChI=1S/C17H27N3O4S/c1-17(8-4-5-9-17)14-11-15(19-24-14)18-16(21)20-10-6-3-7-13(20)12-25(2,22)23/h11,13H,3-10,12H2,1-2H3,(H,18,19,21). The smallest absolute Gasteiger partial charge is 0.323 e. The maximum absolute atomic E-state index is 12.6. The van der Waals surface area contributed by atoms with Crippen molar-refractivity contribution in [3.8, 4) is 0 Å². The molecular weight excluding hydrogens is 342 g/mol. The summed E-state index contributed by atoms with van der Waals surface area (Å²) in [6.07, 6.45) is 8.24. The number of urea groups is 1. The average molecular weight is 369 g/mol. The first-order valence-electron chi connectivity index (χ1n) is 8.99. The number of carbonyl (C=O) groups is 1. The summed E-state index contributed by atoms with van der Waals surface area (Å²) in [6, 6.07) is 1.23. The summed E-state index contributed by atoms with van der Waals surface area (Å²) in [7, 11) is -3.13. The summed E-state index contributed by atoms with van der Waals surface area (Å²) in [5.74, 6) is 1.21. The van der Waals surface area contributed by atoms with E-state index in [4.69, 9.17) is 4.52 Å². The molecule has 1 atom stereocenters. The molecule has 3 rings (SSSR count). The first-order chi connectivity index (χ1) is 11.8. The number of sulfone groups is 1. The topological polar surface area (TPSA) is 92.5 Å². The lowest BCUT2D eigenvalue weighted by Crippen LogP contribution is -2.48. The number of carbonyl (C=O) groups excluding carboxylic acids is 1. The van der Waals surface area contributed by atoms with E-state index >= 15 is 0 Å². The molecule has 1 saturated heterocycles. The van der Waals surface area contributed by atoms with Gasteiger partial charge in [0.05, 0.1) is 5.75 Å². The SMILES string of the molecule is CC1(c2cc(NC(=O)N3CCCCC3CS(C)(=O)=O)no2)CCCC1. The Morgan fingerprint density at radius 1 is 1.36 bits per heavy atom. The van der Waals surface area contributed by atoms with Crippen LogP contribution in [-0.2, 0) is 15.3 Å². The van der Waals surface area contributed by atoms with Crippen LogP contribution in [0.3, 0.4) is 0 Å². The van der Waals surface area contributed by atoms with Crippen LogP contribution in [0.2, 0.25) is 0 Å². The molecule has 1 saturated carbocycles. The largest absolute Gasteiger partial charge is 0.359 e. The minimum absolute atomic E-state index is 0.0000733. The highest BCUT2D eigenvalue weighted by molar-refractivity contribution is 7.90. The molecule has 0 spiro atoms. The van der Waals surface area contributed by atoms with Crippen LogP contribution < -0.4 is 5.32 Å². The number of nitrogens with zero attached hydrogens (tertiary/aromatic N) is 2. The van der Waals surface area contributed by atoms with Crippen molar-refractivity contribution in [3.63, 3.8) is 0 Å². The molecule has 8 heteroatoms. The Hall–Kier alpha value is -1.57. The number of hydrogen-bond donors (Lipinski definition) is 1. The summed E-state index contributed by atoms with van der Waals surface area (Å²) in [4.78, 5) is 14.2. The average Bonchev–Trinajstić information content (AvgIpc) is 3.16. The molecule has 1 aromatic heterocycles. The third kappa shape index (κ3) is 4.34. The van der Waals surface area contributed by atoms with Gasteiger partial charge in [0.25, 0.3) is 0 Å². The van der Waals surface area contributed by atoms with E-state index in [-0.39, 0.29) is 23.2 Å². The molecular formula is C17H27N3O4S. The summed E-state index contributed by atoms with van der Waals surface area (Å²) in [5, 5.41) is 6.76. The van der Waals surface area contributed by atoms with E-state index in [2.05, 4.69) is 17.4 Å². The second kappa shape index (κ2) is 6.97. The first-order valence-corrected chi connectivity index (χ1v) is 11.1. The molecule has 2 fully saturated rings. The van der Waals surface area contributed by atoms with Gasteiger partial charge < -0.3 is 9.42 Å². The zero-order chi connectivity index (χ0) is 18.1. The lowest BCUT2D eigenvalue weighted by Gasteiger charge is -2.35. The molecule has 1 unspecified atom stereocenters. The van der Waals surface area contributed by atoms with E-state index in [9.17, 15) is 13.2 Å². The van der Waals surface area contributed by atoms with Crippen molar-refractivity contribution in [1.29, 1.82) is 0 Å². The van der Waals surface area contributed by atoms with Crippen molar-refractivity contribution in [3.05, 3.63) is 11.8 Å². The fraction of sp³-hybridized carbons (Fsp3) is 0.765. The van der Waals surface area contributed by atoms with Crippen LogP contribution in [0.15, 0.2) is 10.6 Å². The Morgan fingerprint density at radius 3 is 2.76 bits per heavy atom. The predicted octanol–water partition coefficient (Wildman–Crippen LogP) is 2.94. The summed E-state index contributed by atoms with van der Waals surface area (Å²) >= 11 is 0. The molecule has 0 aromatic carbocycles. The van der Waals surface area contributed by atoms with Crippen molar-refractivity contribution in [2.24, 2.45) is 0 Å². The van der Waals surface area contributed by atoms with Crippen LogP contribution in [0.4, 0.5) is 10.6 Å². The molecule has 25 heavy (non-hydrogen) atoms. The van der Waals surface area contributed by atoms with Gasteiger partial charge in [-0.05, 0) is 32.1 Å². The molecule has 2 amide bonds. The number of likely N-dealkylation sites (tertiary alicyclic amines) is 1. The van der Waals surface area contributed by atoms with Gasteiger partial charge in [0.2, 0.25) is 0 Å². The number of aromatic nitrogens is 1. The molecule has 7 nitrogen and oxygen atoms in total. The van der Waals surface area contributed by atoms with Gasteiger partial charge in [0.1, 0.15) is 15.6 Å². The van der Waals surface area contributed by atoms with Gasteiger partial charge in [-0.25, -0.2) is 13.2 Å². The second-order valence-corrected chi connectivity index (χ2v) is 9.89. The minimum Gasteiger partial charge on any atom is -0.359 e. The Morgan fingerprint density at radius 2 is 2.08 bits per heavy atom. The lowest BCUT2D eigenvalue weighted by molar-refractivity contribution is 0.171. The maximum atomic E-state index is 12.6. The molecule has 2 aliphatic rings. The normalized spacial score (nSPS) is 23.6. The van der Waals surface area contributed by atoms with Crippen LogP contribution in [0.5, 0.6) is 0 Å². The molecule has 1 N–H and O–H groups in total. The quantitative estimate of drug-likeness (QED) is 0.881. The summed E-state index contributed by atoms with van der Waals surface area (Å²) in [5.41, 5.74) is -0.0000733. The second-order valence-electron chi connectivity index (χ2n) is 7.71. The molecule has 1 aliphatic heterocycles. The number of rotatable bonds is 4. The van der Waals surface area contributed by atoms with Crippen LogP contribution in [0.25, 0.3) is 0 Å². The number of amides is 2. The van der Waals surface area contributed by atoms with Crippen molar-refractivity contribution in [1.82, 2.24) is 10.1 Å². The number of piperidine rings is 1. The fourth-order valence-electron chi connectivity index (χ4n) is 3.99. The predicted molar refractivity (Wildman–Crippen MR) is 95.4 cm³/mol. The molecule has 140 valence electrons. The van der Waals surface area contributed by atoms with Crippen LogP contribution in [0, 0.1) is 0 Å². The monoisotopic (exact) mass is 369 g/mol. The van der Waals surface area contributed by atoms with E-state index in [1.165, 1.54) is 19.1 Å². The van der Waals surface area contributed by atoms with Gasteiger partial charge in [-0.15, -0.1) is 0 Å². The van der Waals surface area contributed by atoms with Crippen molar-refractivity contribution >= 4 is 21.7 Å². The molecule has 0 radical (unpaired) electrons. The van der Waals surface area contributed by atoms with Crippen molar-refractivity contribution in [2.75, 3.05) is 23.9 Å². The Bertz CT molecular complexity index is 722. The van der Waals surface area contributed by atoms with Crippen LogP contribution >= 0.6 is 0 Å². The lowest BCUT2D eigenvalue weighted by atomic mass is 9.86. The van der Waals surface area contributed by atoms with Gasteiger partial charge in [0.15, 0.2) is 5.82 Å². The Balaban J connectivity index is 1.67. The van der Waals surface area contributed by atoms with E-state index in [1.54, 1.807) is 11.0 Å². The van der Waals surface area contributed by atoms with E-state index in [0.29, 0.717) is 18.8 Å². The van der Waals surface area contributed by atoms with E-state index in [1.807, 2.05) is 0 Å². The highest BCUT2D eigenvalue weighted by Crippen LogP contribution is 2.41. The molecule has 2 heterocycles. The highest BCUT2D eigenvalue weighted by Gasteiger charge is 2.35. The van der Waals surface area contributed by atoms with Gasteiger partial charge >= 0.3 is 6.03 Å². The van der Waals surface area contributed by atoms with Crippen molar-refractivity contribution < 1.29 is 17.7 Å². The fourth-order valence-corrected chi connectivity index (χ4v) is 5.04. The molecule has 1 aliphatic carbocycles. The molecule has 0 bridgehead atoms. The number of anilines is 1. The van der Waals surface area contributed by atoms with Crippen molar-refractivity contribution in [2.45, 2.75) is 63.3 Å². The third-order valence-corrected chi connectivity index (χ3v) is 6.42. The van der Waals surface area contributed by atoms with E-state index < -0.39 is 9.84 Å². The maximum Gasteiger partial charge on any atom is 0.323 e. The van der Waals surface area contributed by atoms with Gasteiger partial charge in [0, 0.05) is 30.3 Å². The van der Waals surface area contributed by atoms with Crippen LogP contribution in [0.1, 0.15) is 57.6 Å². The number of hydrogen-bond acceptors (Lipinski definition) is 5. The third-order valence-electron chi connectivity index (χ3n) is 5.43. The van der Waals surface area contributed by atoms with Gasteiger partial charge in [-0.3, -0.25) is 5.32 Å². The minimum atomic E-state index is -3.13. The zero-order valence-electron chi connectivity index (χ0n) is 15.0. The highest BCUT2D eigenvalue weighted by atomic mass is 32.2.